The van der Waals surface area contributed by atoms with Crippen molar-refractivity contribution in [3.63, 3.8) is 0 Å². The van der Waals surface area contributed by atoms with Gasteiger partial charge in [0.15, 0.2) is 0 Å². The SMILES string of the molecule is CCCCc1ccc(C2(C)C=c3ccccc3=C2)cc1. The molecule has 0 aliphatic heterocycles. The van der Waals surface area contributed by atoms with Gasteiger partial charge in [0.1, 0.15) is 0 Å². The van der Waals surface area contributed by atoms with Gasteiger partial charge in [-0.05, 0) is 41.3 Å². The van der Waals surface area contributed by atoms with Crippen molar-refractivity contribution in [3.8, 4) is 0 Å². The summed E-state index contributed by atoms with van der Waals surface area (Å²) in [5.41, 5.74) is 2.87. The quantitative estimate of drug-likeness (QED) is 0.790. The fraction of sp³-hybridized carbons (Fsp3) is 0.300. The second-order valence-electron chi connectivity index (χ2n) is 6.00. The van der Waals surface area contributed by atoms with Gasteiger partial charge in [0.05, 0.1) is 0 Å². The summed E-state index contributed by atoms with van der Waals surface area (Å²) < 4.78 is 0. The molecule has 0 saturated heterocycles. The summed E-state index contributed by atoms with van der Waals surface area (Å²) >= 11 is 0. The predicted octanol–water partition coefficient (Wildman–Crippen LogP) is 3.56. The molecule has 102 valence electrons. The maximum absolute atomic E-state index is 2.38. The van der Waals surface area contributed by atoms with Gasteiger partial charge >= 0.3 is 0 Å². The maximum atomic E-state index is 2.38. The van der Waals surface area contributed by atoms with Gasteiger partial charge in [-0.1, -0.05) is 74.0 Å². The van der Waals surface area contributed by atoms with Crippen LogP contribution >= 0.6 is 0 Å². The lowest BCUT2D eigenvalue weighted by Crippen LogP contribution is -2.19. The molecule has 0 spiro atoms. The van der Waals surface area contributed by atoms with Gasteiger partial charge in [-0.15, -0.1) is 0 Å². The molecule has 1 aliphatic rings. The maximum Gasteiger partial charge on any atom is 0.0301 e. The lowest BCUT2D eigenvalue weighted by Gasteiger charge is -2.20. The Morgan fingerprint density at radius 3 is 2.00 bits per heavy atom. The van der Waals surface area contributed by atoms with Crippen molar-refractivity contribution >= 4 is 12.2 Å². The van der Waals surface area contributed by atoms with Crippen LogP contribution in [0.5, 0.6) is 0 Å². The lowest BCUT2D eigenvalue weighted by atomic mass is 9.83. The summed E-state index contributed by atoms with van der Waals surface area (Å²) in [5, 5.41) is 2.70. The summed E-state index contributed by atoms with van der Waals surface area (Å²) in [6, 6.07) is 17.8. The Hall–Kier alpha value is -1.82. The summed E-state index contributed by atoms with van der Waals surface area (Å²) in [5.74, 6) is 0. The van der Waals surface area contributed by atoms with E-state index < -0.39 is 0 Å². The van der Waals surface area contributed by atoms with Crippen LogP contribution < -0.4 is 10.4 Å². The molecule has 0 saturated carbocycles. The third-order valence-corrected chi connectivity index (χ3v) is 4.30. The van der Waals surface area contributed by atoms with Crippen molar-refractivity contribution in [2.45, 2.75) is 38.5 Å². The van der Waals surface area contributed by atoms with Crippen molar-refractivity contribution in [3.05, 3.63) is 70.1 Å². The van der Waals surface area contributed by atoms with E-state index in [-0.39, 0.29) is 5.41 Å². The predicted molar refractivity (Wildman–Crippen MR) is 87.0 cm³/mol. The molecule has 0 N–H and O–H groups in total. The Bertz CT molecular complexity index is 669. The normalized spacial score (nSPS) is 15.3. The number of unbranched alkanes of at least 4 members (excludes halogenated alkanes) is 1. The summed E-state index contributed by atoms with van der Waals surface area (Å²) in [6.07, 6.45) is 8.49. The van der Waals surface area contributed by atoms with Crippen LogP contribution in [0.25, 0.3) is 12.2 Å². The van der Waals surface area contributed by atoms with E-state index in [2.05, 4.69) is 74.5 Å². The summed E-state index contributed by atoms with van der Waals surface area (Å²) in [7, 11) is 0. The highest BCUT2D eigenvalue weighted by Gasteiger charge is 2.23. The minimum atomic E-state index is 0.0347. The number of rotatable bonds is 4. The lowest BCUT2D eigenvalue weighted by molar-refractivity contribution is 0.792. The first-order valence-corrected chi connectivity index (χ1v) is 7.61. The van der Waals surface area contributed by atoms with E-state index in [1.54, 1.807) is 0 Å². The van der Waals surface area contributed by atoms with Gasteiger partial charge in [-0.2, -0.15) is 0 Å². The molecule has 2 aromatic rings. The largest absolute Gasteiger partial charge is 0.0654 e. The van der Waals surface area contributed by atoms with Crippen molar-refractivity contribution in [2.75, 3.05) is 0 Å². The van der Waals surface area contributed by atoms with Crippen molar-refractivity contribution < 1.29 is 0 Å². The Labute approximate surface area is 121 Å². The molecule has 20 heavy (non-hydrogen) atoms. The number of fused-ring (bicyclic) bond motifs is 1. The molecule has 0 unspecified atom stereocenters. The first-order valence-electron chi connectivity index (χ1n) is 7.61. The zero-order valence-electron chi connectivity index (χ0n) is 12.4. The minimum Gasteiger partial charge on any atom is -0.0654 e. The molecule has 0 radical (unpaired) electrons. The molecule has 0 aromatic heterocycles. The van der Waals surface area contributed by atoms with Gasteiger partial charge in [-0.3, -0.25) is 0 Å². The van der Waals surface area contributed by atoms with Crippen LogP contribution in [0.4, 0.5) is 0 Å². The zero-order chi connectivity index (χ0) is 14.0. The van der Waals surface area contributed by atoms with Crippen molar-refractivity contribution in [1.29, 1.82) is 0 Å². The van der Waals surface area contributed by atoms with Gasteiger partial charge in [-0.25, -0.2) is 0 Å². The number of benzene rings is 2. The number of aryl methyl sites for hydroxylation is 1. The molecule has 0 atom stereocenters. The topological polar surface area (TPSA) is 0 Å². The monoisotopic (exact) mass is 262 g/mol. The zero-order valence-corrected chi connectivity index (χ0v) is 12.4. The van der Waals surface area contributed by atoms with E-state index in [9.17, 15) is 0 Å². The Kier molecular flexibility index (Phi) is 3.48. The molecule has 0 nitrogen and oxygen atoms in total. The third kappa shape index (κ3) is 2.43. The third-order valence-electron chi connectivity index (χ3n) is 4.30. The number of hydrogen-bond acceptors (Lipinski definition) is 0. The highest BCUT2D eigenvalue weighted by molar-refractivity contribution is 5.66. The molecule has 2 aromatic carbocycles. The molecule has 0 amide bonds. The second kappa shape index (κ2) is 5.28. The summed E-state index contributed by atoms with van der Waals surface area (Å²) in [4.78, 5) is 0. The van der Waals surface area contributed by atoms with E-state index in [0.29, 0.717) is 0 Å². The fourth-order valence-electron chi connectivity index (χ4n) is 3.04. The molecule has 0 heterocycles. The standard InChI is InChI=1S/C20H22/c1-3-4-7-16-10-12-19(13-11-16)20(2)14-17-8-5-6-9-18(17)15-20/h5-6,8-15H,3-4,7H2,1-2H3. The molecular formula is C20H22. The van der Waals surface area contributed by atoms with Crippen LogP contribution in [0.2, 0.25) is 0 Å². The fourth-order valence-corrected chi connectivity index (χ4v) is 3.04. The highest BCUT2D eigenvalue weighted by Crippen LogP contribution is 2.29. The molecule has 0 fully saturated rings. The van der Waals surface area contributed by atoms with Gasteiger partial charge in [0.25, 0.3) is 0 Å². The Morgan fingerprint density at radius 2 is 1.45 bits per heavy atom. The van der Waals surface area contributed by atoms with Crippen LogP contribution in [0.3, 0.4) is 0 Å². The van der Waals surface area contributed by atoms with Crippen LogP contribution in [0.1, 0.15) is 37.8 Å². The Balaban J connectivity index is 1.92. The van der Waals surface area contributed by atoms with Crippen LogP contribution in [-0.4, -0.2) is 0 Å². The van der Waals surface area contributed by atoms with E-state index in [1.165, 1.54) is 40.8 Å². The van der Waals surface area contributed by atoms with Gasteiger partial charge in [0, 0.05) is 5.41 Å². The molecule has 3 rings (SSSR count). The molecule has 0 heteroatoms. The van der Waals surface area contributed by atoms with E-state index in [1.807, 2.05) is 0 Å². The van der Waals surface area contributed by atoms with E-state index in [4.69, 9.17) is 0 Å². The Morgan fingerprint density at radius 1 is 0.850 bits per heavy atom. The minimum absolute atomic E-state index is 0.0347. The molecular weight excluding hydrogens is 240 g/mol. The van der Waals surface area contributed by atoms with E-state index in [0.717, 1.165) is 0 Å². The van der Waals surface area contributed by atoms with Crippen LogP contribution in [-0.2, 0) is 11.8 Å². The number of hydrogen-bond donors (Lipinski definition) is 0. The van der Waals surface area contributed by atoms with Crippen molar-refractivity contribution in [1.82, 2.24) is 0 Å². The first-order chi connectivity index (χ1) is 9.71. The second-order valence-corrected chi connectivity index (χ2v) is 6.00. The smallest absolute Gasteiger partial charge is 0.0301 e. The highest BCUT2D eigenvalue weighted by atomic mass is 14.3. The average Bonchev–Trinajstić information content (AvgIpc) is 2.83. The summed E-state index contributed by atoms with van der Waals surface area (Å²) in [6.45, 7) is 4.54. The molecule has 0 bridgehead atoms. The van der Waals surface area contributed by atoms with E-state index >= 15 is 0 Å². The van der Waals surface area contributed by atoms with Crippen LogP contribution in [0, 0.1) is 0 Å². The van der Waals surface area contributed by atoms with Crippen molar-refractivity contribution in [2.24, 2.45) is 0 Å². The molecule has 1 aliphatic carbocycles. The van der Waals surface area contributed by atoms with Crippen LogP contribution in [0.15, 0.2) is 48.5 Å². The van der Waals surface area contributed by atoms with Gasteiger partial charge < -0.3 is 0 Å². The van der Waals surface area contributed by atoms with Gasteiger partial charge in [0.2, 0.25) is 0 Å². The average molecular weight is 262 g/mol. The first kappa shape index (κ1) is 13.2.